The van der Waals surface area contributed by atoms with Gasteiger partial charge in [-0.25, -0.2) is 9.97 Å². The average molecular weight is 216 g/mol. The van der Waals surface area contributed by atoms with Crippen molar-refractivity contribution < 1.29 is 5.11 Å². The Morgan fingerprint density at radius 2 is 2.29 bits per heavy atom. The highest BCUT2D eigenvalue weighted by Crippen LogP contribution is 2.20. The van der Waals surface area contributed by atoms with Gasteiger partial charge in [0.2, 0.25) is 0 Å². The van der Waals surface area contributed by atoms with Crippen LogP contribution in [0.5, 0.6) is 0 Å². The summed E-state index contributed by atoms with van der Waals surface area (Å²) in [5, 5.41) is 9.41. The predicted octanol–water partition coefficient (Wildman–Crippen LogP) is 1.34. The molecule has 1 N–H and O–H groups in total. The van der Waals surface area contributed by atoms with Gasteiger partial charge in [0.05, 0.1) is 12.8 Å². The molecule has 0 aliphatic heterocycles. The SMILES string of the molecule is CCCN(CCO)c1ncncc1Cl. The lowest BCUT2D eigenvalue weighted by Crippen LogP contribution is -2.28. The van der Waals surface area contributed by atoms with Crippen molar-refractivity contribution >= 4 is 17.4 Å². The zero-order valence-corrected chi connectivity index (χ0v) is 8.91. The number of nitrogens with zero attached hydrogens (tertiary/aromatic N) is 3. The van der Waals surface area contributed by atoms with Crippen molar-refractivity contribution in [2.75, 3.05) is 24.6 Å². The molecule has 0 radical (unpaired) electrons. The molecule has 14 heavy (non-hydrogen) atoms. The van der Waals surface area contributed by atoms with Crippen molar-refractivity contribution in [3.63, 3.8) is 0 Å². The summed E-state index contributed by atoms with van der Waals surface area (Å²) in [5.41, 5.74) is 0. The predicted molar refractivity (Wildman–Crippen MR) is 56.6 cm³/mol. The standard InChI is InChI=1S/C9H14ClN3O/c1-2-3-13(4-5-14)9-8(10)6-11-7-12-9/h6-7,14H,2-5H2,1H3. The monoisotopic (exact) mass is 215 g/mol. The minimum atomic E-state index is 0.0976. The minimum absolute atomic E-state index is 0.0976. The Balaban J connectivity index is 2.81. The summed E-state index contributed by atoms with van der Waals surface area (Å²) in [6.45, 7) is 3.54. The topological polar surface area (TPSA) is 49.2 Å². The van der Waals surface area contributed by atoms with Crippen LogP contribution in [-0.4, -0.2) is 34.8 Å². The molecule has 78 valence electrons. The van der Waals surface area contributed by atoms with Gasteiger partial charge in [0, 0.05) is 13.1 Å². The summed E-state index contributed by atoms with van der Waals surface area (Å²) in [6.07, 6.45) is 4.01. The fourth-order valence-electron chi connectivity index (χ4n) is 1.25. The zero-order chi connectivity index (χ0) is 10.4. The normalized spacial score (nSPS) is 10.2. The Morgan fingerprint density at radius 3 is 2.86 bits per heavy atom. The van der Waals surface area contributed by atoms with E-state index in [2.05, 4.69) is 16.9 Å². The summed E-state index contributed by atoms with van der Waals surface area (Å²) < 4.78 is 0. The first kappa shape index (κ1) is 11.2. The van der Waals surface area contributed by atoms with E-state index in [1.54, 1.807) is 6.20 Å². The molecule has 0 spiro atoms. The molecule has 5 heteroatoms. The highest BCUT2D eigenvalue weighted by atomic mass is 35.5. The van der Waals surface area contributed by atoms with Gasteiger partial charge in [-0.2, -0.15) is 0 Å². The van der Waals surface area contributed by atoms with Crippen molar-refractivity contribution in [1.29, 1.82) is 0 Å². The number of aliphatic hydroxyl groups is 1. The van der Waals surface area contributed by atoms with Crippen molar-refractivity contribution in [2.45, 2.75) is 13.3 Å². The van der Waals surface area contributed by atoms with Crippen molar-refractivity contribution in [1.82, 2.24) is 9.97 Å². The van der Waals surface area contributed by atoms with E-state index in [4.69, 9.17) is 16.7 Å². The number of anilines is 1. The Bertz CT molecular complexity index is 277. The Kier molecular flexibility index (Phi) is 4.62. The zero-order valence-electron chi connectivity index (χ0n) is 8.15. The van der Waals surface area contributed by atoms with Gasteiger partial charge in [-0.3, -0.25) is 0 Å². The first-order chi connectivity index (χ1) is 6.79. The molecule has 1 aromatic rings. The fourth-order valence-corrected chi connectivity index (χ4v) is 1.48. The summed E-state index contributed by atoms with van der Waals surface area (Å²) in [5.74, 6) is 0.692. The van der Waals surface area contributed by atoms with Crippen LogP contribution in [0, 0.1) is 0 Å². The van der Waals surface area contributed by atoms with Crippen LogP contribution in [0.15, 0.2) is 12.5 Å². The Morgan fingerprint density at radius 1 is 1.50 bits per heavy atom. The molecule has 0 atom stereocenters. The van der Waals surface area contributed by atoms with E-state index in [-0.39, 0.29) is 6.61 Å². The third kappa shape index (κ3) is 2.82. The van der Waals surface area contributed by atoms with E-state index in [0.29, 0.717) is 17.4 Å². The first-order valence-corrected chi connectivity index (χ1v) is 4.98. The molecular formula is C9H14ClN3O. The highest BCUT2D eigenvalue weighted by molar-refractivity contribution is 6.32. The molecule has 1 rings (SSSR count). The van der Waals surface area contributed by atoms with Crippen LogP contribution >= 0.6 is 11.6 Å². The Labute approximate surface area is 88.6 Å². The molecule has 0 saturated heterocycles. The number of halogens is 1. The van der Waals surface area contributed by atoms with Crippen LogP contribution in [-0.2, 0) is 0 Å². The summed E-state index contributed by atoms with van der Waals surface area (Å²) in [4.78, 5) is 9.85. The maximum atomic E-state index is 8.89. The van der Waals surface area contributed by atoms with Gasteiger partial charge in [-0.05, 0) is 6.42 Å². The second-order valence-electron chi connectivity index (χ2n) is 2.90. The molecule has 0 unspecified atom stereocenters. The minimum Gasteiger partial charge on any atom is -0.395 e. The molecule has 0 aliphatic carbocycles. The van der Waals surface area contributed by atoms with Crippen LogP contribution in [0.25, 0.3) is 0 Å². The largest absolute Gasteiger partial charge is 0.395 e. The Hall–Kier alpha value is -0.870. The van der Waals surface area contributed by atoms with Crippen LogP contribution in [0.2, 0.25) is 5.02 Å². The molecule has 0 saturated carbocycles. The van der Waals surface area contributed by atoms with Gasteiger partial charge in [0.15, 0.2) is 5.82 Å². The van der Waals surface area contributed by atoms with Gasteiger partial charge < -0.3 is 10.0 Å². The molecular weight excluding hydrogens is 202 g/mol. The van der Waals surface area contributed by atoms with E-state index in [1.807, 2.05) is 4.90 Å². The van der Waals surface area contributed by atoms with E-state index < -0.39 is 0 Å². The molecule has 1 heterocycles. The lowest BCUT2D eigenvalue weighted by Gasteiger charge is -2.22. The summed E-state index contributed by atoms with van der Waals surface area (Å²) in [6, 6.07) is 0. The smallest absolute Gasteiger partial charge is 0.150 e. The van der Waals surface area contributed by atoms with Gasteiger partial charge >= 0.3 is 0 Å². The first-order valence-electron chi connectivity index (χ1n) is 4.61. The third-order valence-electron chi connectivity index (χ3n) is 1.81. The van der Waals surface area contributed by atoms with Crippen molar-refractivity contribution in [3.05, 3.63) is 17.5 Å². The maximum Gasteiger partial charge on any atom is 0.150 e. The van der Waals surface area contributed by atoms with Gasteiger partial charge in [-0.15, -0.1) is 0 Å². The molecule has 4 nitrogen and oxygen atoms in total. The quantitative estimate of drug-likeness (QED) is 0.806. The molecule has 0 aromatic carbocycles. The molecule has 0 fully saturated rings. The lowest BCUT2D eigenvalue weighted by atomic mass is 10.4. The van der Waals surface area contributed by atoms with Gasteiger partial charge in [0.1, 0.15) is 11.3 Å². The van der Waals surface area contributed by atoms with Crippen LogP contribution in [0.4, 0.5) is 5.82 Å². The second-order valence-corrected chi connectivity index (χ2v) is 3.31. The van der Waals surface area contributed by atoms with E-state index in [0.717, 1.165) is 13.0 Å². The lowest BCUT2D eigenvalue weighted by molar-refractivity contribution is 0.301. The molecule has 0 amide bonds. The van der Waals surface area contributed by atoms with Gasteiger partial charge in [0.25, 0.3) is 0 Å². The van der Waals surface area contributed by atoms with Crippen molar-refractivity contribution in [3.8, 4) is 0 Å². The van der Waals surface area contributed by atoms with Crippen molar-refractivity contribution in [2.24, 2.45) is 0 Å². The van der Waals surface area contributed by atoms with Crippen LogP contribution in [0.3, 0.4) is 0 Å². The number of hydrogen-bond donors (Lipinski definition) is 1. The summed E-state index contributed by atoms with van der Waals surface area (Å²) in [7, 11) is 0. The van der Waals surface area contributed by atoms with E-state index in [9.17, 15) is 0 Å². The average Bonchev–Trinajstić information content (AvgIpc) is 2.18. The number of aromatic nitrogens is 2. The second kappa shape index (κ2) is 5.78. The molecule has 1 aromatic heterocycles. The highest BCUT2D eigenvalue weighted by Gasteiger charge is 2.09. The van der Waals surface area contributed by atoms with Crippen LogP contribution < -0.4 is 4.90 Å². The van der Waals surface area contributed by atoms with E-state index >= 15 is 0 Å². The summed E-state index contributed by atoms with van der Waals surface area (Å²) >= 11 is 5.94. The number of hydrogen-bond acceptors (Lipinski definition) is 4. The number of aliphatic hydroxyl groups excluding tert-OH is 1. The fraction of sp³-hybridized carbons (Fsp3) is 0.556. The molecule has 0 aliphatic rings. The third-order valence-corrected chi connectivity index (χ3v) is 2.08. The molecule has 0 bridgehead atoms. The number of rotatable bonds is 5. The van der Waals surface area contributed by atoms with Crippen LogP contribution in [0.1, 0.15) is 13.3 Å². The van der Waals surface area contributed by atoms with Gasteiger partial charge in [-0.1, -0.05) is 18.5 Å². The maximum absolute atomic E-state index is 8.89. The van der Waals surface area contributed by atoms with E-state index in [1.165, 1.54) is 6.33 Å².